The van der Waals surface area contributed by atoms with Gasteiger partial charge in [0.05, 0.1) is 12.2 Å². The summed E-state index contributed by atoms with van der Waals surface area (Å²) in [4.78, 5) is 0. The maximum atomic E-state index is 5.98. The van der Waals surface area contributed by atoms with Gasteiger partial charge in [0.15, 0.2) is 0 Å². The van der Waals surface area contributed by atoms with Crippen LogP contribution in [0.15, 0.2) is 0 Å². The first kappa shape index (κ1) is 9.51. The van der Waals surface area contributed by atoms with Crippen LogP contribution >= 0.6 is 0 Å². The van der Waals surface area contributed by atoms with Crippen molar-refractivity contribution in [2.75, 3.05) is 0 Å². The van der Waals surface area contributed by atoms with Crippen molar-refractivity contribution in [2.45, 2.75) is 65.1 Å². The average molecular weight is 182 g/mol. The molecule has 0 aromatic carbocycles. The Morgan fingerprint density at radius 2 is 1.92 bits per heavy atom. The number of hydrogen-bond donors (Lipinski definition) is 0. The Hall–Kier alpha value is -0.0400. The second-order valence-corrected chi connectivity index (χ2v) is 5.73. The Bertz CT molecular complexity index is 186. The lowest BCUT2D eigenvalue weighted by molar-refractivity contribution is -0.109. The Morgan fingerprint density at radius 1 is 1.15 bits per heavy atom. The second kappa shape index (κ2) is 3.27. The van der Waals surface area contributed by atoms with Crippen molar-refractivity contribution >= 4 is 0 Å². The van der Waals surface area contributed by atoms with Gasteiger partial charge in [-0.05, 0) is 50.4 Å². The first-order valence-corrected chi connectivity index (χ1v) is 5.72. The van der Waals surface area contributed by atoms with E-state index in [9.17, 15) is 0 Å². The highest BCUT2D eigenvalue weighted by Gasteiger charge is 2.38. The molecule has 0 amide bonds. The van der Waals surface area contributed by atoms with Gasteiger partial charge in [0, 0.05) is 0 Å². The molecule has 2 unspecified atom stereocenters. The van der Waals surface area contributed by atoms with Crippen LogP contribution in [-0.4, -0.2) is 12.2 Å². The SMILES string of the molecule is C[C@H]1CCC2CC(C)(C)CCC2O1. The molecular weight excluding hydrogens is 160 g/mol. The predicted octanol–water partition coefficient (Wildman–Crippen LogP) is 3.38. The molecule has 0 spiro atoms. The normalized spacial score (nSPS) is 44.1. The molecule has 0 aromatic heterocycles. The molecule has 1 nitrogen and oxygen atoms in total. The Morgan fingerprint density at radius 3 is 2.69 bits per heavy atom. The van der Waals surface area contributed by atoms with E-state index in [0.29, 0.717) is 17.6 Å². The molecule has 0 aromatic rings. The lowest BCUT2D eigenvalue weighted by atomic mass is 9.68. The smallest absolute Gasteiger partial charge is 0.0607 e. The van der Waals surface area contributed by atoms with Crippen molar-refractivity contribution in [2.24, 2.45) is 11.3 Å². The van der Waals surface area contributed by atoms with Crippen LogP contribution in [0.25, 0.3) is 0 Å². The van der Waals surface area contributed by atoms with Gasteiger partial charge in [0.1, 0.15) is 0 Å². The van der Waals surface area contributed by atoms with Crippen LogP contribution in [0, 0.1) is 11.3 Å². The minimum Gasteiger partial charge on any atom is -0.375 e. The zero-order valence-corrected chi connectivity index (χ0v) is 9.18. The molecule has 2 rings (SSSR count). The third-order valence-electron chi connectivity index (χ3n) is 3.80. The molecular formula is C12H22O. The average Bonchev–Trinajstić information content (AvgIpc) is 2.05. The van der Waals surface area contributed by atoms with E-state index in [1.807, 2.05) is 0 Å². The highest BCUT2D eigenvalue weighted by atomic mass is 16.5. The van der Waals surface area contributed by atoms with Gasteiger partial charge in [-0.2, -0.15) is 0 Å². The van der Waals surface area contributed by atoms with Crippen molar-refractivity contribution < 1.29 is 4.74 Å². The molecule has 1 aliphatic carbocycles. The monoisotopic (exact) mass is 182 g/mol. The summed E-state index contributed by atoms with van der Waals surface area (Å²) in [6.07, 6.45) is 7.80. The fourth-order valence-corrected chi connectivity index (χ4v) is 2.99. The largest absolute Gasteiger partial charge is 0.375 e. The van der Waals surface area contributed by atoms with Gasteiger partial charge in [-0.25, -0.2) is 0 Å². The van der Waals surface area contributed by atoms with E-state index in [2.05, 4.69) is 20.8 Å². The van der Waals surface area contributed by atoms with Crippen molar-refractivity contribution in [3.63, 3.8) is 0 Å². The van der Waals surface area contributed by atoms with E-state index < -0.39 is 0 Å². The predicted molar refractivity (Wildman–Crippen MR) is 54.7 cm³/mol. The Kier molecular flexibility index (Phi) is 2.39. The zero-order valence-electron chi connectivity index (χ0n) is 9.18. The number of hydrogen-bond acceptors (Lipinski definition) is 1. The van der Waals surface area contributed by atoms with Gasteiger partial charge < -0.3 is 4.74 Å². The third-order valence-corrected chi connectivity index (χ3v) is 3.80. The van der Waals surface area contributed by atoms with Gasteiger partial charge in [-0.1, -0.05) is 13.8 Å². The van der Waals surface area contributed by atoms with Crippen molar-refractivity contribution in [3.8, 4) is 0 Å². The summed E-state index contributed by atoms with van der Waals surface area (Å²) < 4.78 is 5.98. The molecule has 3 atom stereocenters. The summed E-state index contributed by atoms with van der Waals surface area (Å²) in [7, 11) is 0. The fraction of sp³-hybridized carbons (Fsp3) is 1.00. The maximum absolute atomic E-state index is 5.98. The first-order chi connectivity index (χ1) is 6.07. The number of fused-ring (bicyclic) bond motifs is 1. The molecule has 0 bridgehead atoms. The highest BCUT2D eigenvalue weighted by molar-refractivity contribution is 4.88. The summed E-state index contributed by atoms with van der Waals surface area (Å²) in [5.74, 6) is 0.861. The van der Waals surface area contributed by atoms with Crippen LogP contribution in [0.5, 0.6) is 0 Å². The summed E-state index contributed by atoms with van der Waals surface area (Å²) in [6.45, 7) is 7.03. The Balaban J connectivity index is 1.98. The molecule has 2 fully saturated rings. The van der Waals surface area contributed by atoms with Crippen molar-refractivity contribution in [3.05, 3.63) is 0 Å². The second-order valence-electron chi connectivity index (χ2n) is 5.73. The molecule has 2 aliphatic rings. The van der Waals surface area contributed by atoms with Crippen LogP contribution < -0.4 is 0 Å². The van der Waals surface area contributed by atoms with Crippen LogP contribution in [0.4, 0.5) is 0 Å². The van der Waals surface area contributed by atoms with E-state index in [-0.39, 0.29) is 0 Å². The van der Waals surface area contributed by atoms with Gasteiger partial charge in [-0.3, -0.25) is 0 Å². The molecule has 1 aliphatic heterocycles. The van der Waals surface area contributed by atoms with E-state index in [1.54, 1.807) is 0 Å². The molecule has 1 heteroatoms. The van der Waals surface area contributed by atoms with Crippen LogP contribution in [-0.2, 0) is 4.74 Å². The van der Waals surface area contributed by atoms with Crippen molar-refractivity contribution in [1.29, 1.82) is 0 Å². The van der Waals surface area contributed by atoms with Gasteiger partial charge in [0.25, 0.3) is 0 Å². The quantitative estimate of drug-likeness (QED) is 0.558. The van der Waals surface area contributed by atoms with Gasteiger partial charge in [-0.15, -0.1) is 0 Å². The molecule has 13 heavy (non-hydrogen) atoms. The lowest BCUT2D eigenvalue weighted by Crippen LogP contribution is -2.40. The fourth-order valence-electron chi connectivity index (χ4n) is 2.99. The lowest BCUT2D eigenvalue weighted by Gasteiger charge is -2.44. The maximum Gasteiger partial charge on any atom is 0.0607 e. The summed E-state index contributed by atoms with van der Waals surface area (Å²) in [6, 6.07) is 0. The standard InChI is InChI=1S/C12H22O/c1-9-4-5-10-8-12(2,3)7-6-11(10)13-9/h9-11H,4-8H2,1-3H3/t9-,10?,11?/m0/s1. The summed E-state index contributed by atoms with van der Waals surface area (Å²) in [5.41, 5.74) is 0.575. The summed E-state index contributed by atoms with van der Waals surface area (Å²) in [5, 5.41) is 0. The van der Waals surface area contributed by atoms with E-state index in [1.165, 1.54) is 32.1 Å². The van der Waals surface area contributed by atoms with Crippen LogP contribution in [0.1, 0.15) is 52.9 Å². The van der Waals surface area contributed by atoms with Crippen LogP contribution in [0.3, 0.4) is 0 Å². The van der Waals surface area contributed by atoms with E-state index in [4.69, 9.17) is 4.74 Å². The van der Waals surface area contributed by atoms with E-state index >= 15 is 0 Å². The zero-order chi connectivity index (χ0) is 9.47. The van der Waals surface area contributed by atoms with E-state index in [0.717, 1.165) is 5.92 Å². The molecule has 1 heterocycles. The topological polar surface area (TPSA) is 9.23 Å². The first-order valence-electron chi connectivity index (χ1n) is 5.72. The number of rotatable bonds is 0. The van der Waals surface area contributed by atoms with Gasteiger partial charge in [0.2, 0.25) is 0 Å². The highest BCUT2D eigenvalue weighted by Crippen LogP contribution is 2.44. The Labute approximate surface area is 81.9 Å². The molecule has 76 valence electrons. The number of ether oxygens (including phenoxy) is 1. The molecule has 0 N–H and O–H groups in total. The molecule has 0 radical (unpaired) electrons. The molecule has 1 saturated heterocycles. The van der Waals surface area contributed by atoms with Crippen molar-refractivity contribution in [1.82, 2.24) is 0 Å². The molecule has 1 saturated carbocycles. The minimum absolute atomic E-state index is 0.516. The third kappa shape index (κ3) is 2.07. The summed E-state index contributed by atoms with van der Waals surface area (Å²) >= 11 is 0. The minimum atomic E-state index is 0.516. The van der Waals surface area contributed by atoms with Crippen LogP contribution in [0.2, 0.25) is 0 Å². The van der Waals surface area contributed by atoms with Gasteiger partial charge >= 0.3 is 0 Å².